The Morgan fingerprint density at radius 1 is 1.24 bits per heavy atom. The molecule has 4 heteroatoms. The second kappa shape index (κ2) is 5.66. The van der Waals surface area contributed by atoms with E-state index in [0.29, 0.717) is 23.4 Å². The molecule has 0 spiro atoms. The SMILES string of the molecule is Cc1ccc(C(=O)N2CC[C@H](C)[C@@H]3CCCC[C@H]32)c(=O)[nH]1. The number of fused-ring (bicyclic) bond motifs is 1. The van der Waals surface area contributed by atoms with E-state index >= 15 is 0 Å². The molecule has 2 fully saturated rings. The molecule has 1 aliphatic carbocycles. The van der Waals surface area contributed by atoms with Crippen LogP contribution in [0.25, 0.3) is 0 Å². The molecule has 2 heterocycles. The van der Waals surface area contributed by atoms with Gasteiger partial charge in [-0.05, 0) is 50.2 Å². The molecular weight excluding hydrogens is 264 g/mol. The topological polar surface area (TPSA) is 53.2 Å². The maximum Gasteiger partial charge on any atom is 0.260 e. The van der Waals surface area contributed by atoms with Crippen LogP contribution < -0.4 is 5.56 Å². The highest BCUT2D eigenvalue weighted by Crippen LogP contribution is 2.39. The number of carbonyl (C=O) groups is 1. The average Bonchev–Trinajstić information content (AvgIpc) is 2.47. The van der Waals surface area contributed by atoms with Crippen LogP contribution in [0.1, 0.15) is 55.1 Å². The summed E-state index contributed by atoms with van der Waals surface area (Å²) in [5.74, 6) is 1.22. The lowest BCUT2D eigenvalue weighted by molar-refractivity contribution is 0.0216. The van der Waals surface area contributed by atoms with Gasteiger partial charge in [-0.3, -0.25) is 9.59 Å². The lowest BCUT2D eigenvalue weighted by Crippen LogP contribution is -2.53. The first-order valence-electron chi connectivity index (χ1n) is 8.09. The molecule has 21 heavy (non-hydrogen) atoms. The zero-order chi connectivity index (χ0) is 15.0. The molecule has 1 aromatic rings. The Labute approximate surface area is 125 Å². The van der Waals surface area contributed by atoms with E-state index in [1.165, 1.54) is 19.3 Å². The molecule has 0 aromatic carbocycles. The van der Waals surface area contributed by atoms with Crippen molar-refractivity contribution in [3.05, 3.63) is 33.7 Å². The Kier molecular flexibility index (Phi) is 3.87. The zero-order valence-corrected chi connectivity index (χ0v) is 12.9. The van der Waals surface area contributed by atoms with Gasteiger partial charge in [0.15, 0.2) is 0 Å². The number of aryl methyl sites for hydroxylation is 1. The maximum atomic E-state index is 12.8. The highest BCUT2D eigenvalue weighted by atomic mass is 16.2. The molecule has 1 aliphatic heterocycles. The predicted octanol–water partition coefficient (Wildman–Crippen LogP) is 2.72. The molecule has 0 radical (unpaired) electrons. The molecule has 0 bridgehead atoms. The van der Waals surface area contributed by atoms with E-state index in [-0.39, 0.29) is 11.5 Å². The molecule has 114 valence electrons. The summed E-state index contributed by atoms with van der Waals surface area (Å²) in [5.41, 5.74) is 0.824. The Hall–Kier alpha value is -1.58. The van der Waals surface area contributed by atoms with Gasteiger partial charge in [0.1, 0.15) is 5.56 Å². The van der Waals surface area contributed by atoms with Gasteiger partial charge in [0.2, 0.25) is 0 Å². The van der Waals surface area contributed by atoms with E-state index in [0.717, 1.165) is 25.1 Å². The number of hydrogen-bond acceptors (Lipinski definition) is 2. The maximum absolute atomic E-state index is 12.8. The van der Waals surface area contributed by atoms with E-state index in [9.17, 15) is 9.59 Å². The van der Waals surface area contributed by atoms with Crippen LogP contribution >= 0.6 is 0 Å². The second-order valence-electron chi connectivity index (χ2n) is 6.66. The van der Waals surface area contributed by atoms with Gasteiger partial charge >= 0.3 is 0 Å². The van der Waals surface area contributed by atoms with Gasteiger partial charge in [0.05, 0.1) is 0 Å². The van der Waals surface area contributed by atoms with Crippen molar-refractivity contribution in [1.82, 2.24) is 9.88 Å². The third-order valence-electron chi connectivity index (χ3n) is 5.28. The molecule has 2 aliphatic rings. The second-order valence-corrected chi connectivity index (χ2v) is 6.66. The van der Waals surface area contributed by atoms with Gasteiger partial charge in [-0.25, -0.2) is 0 Å². The highest BCUT2D eigenvalue weighted by molar-refractivity contribution is 5.94. The number of hydrogen-bond donors (Lipinski definition) is 1. The summed E-state index contributed by atoms with van der Waals surface area (Å²) >= 11 is 0. The first-order valence-corrected chi connectivity index (χ1v) is 8.09. The fraction of sp³-hybridized carbons (Fsp3) is 0.647. The number of amides is 1. The minimum atomic E-state index is -0.258. The van der Waals surface area contributed by atoms with Crippen molar-refractivity contribution in [2.24, 2.45) is 11.8 Å². The van der Waals surface area contributed by atoms with Crippen molar-refractivity contribution in [3.8, 4) is 0 Å². The van der Waals surface area contributed by atoms with Crippen molar-refractivity contribution in [2.75, 3.05) is 6.54 Å². The van der Waals surface area contributed by atoms with Crippen LogP contribution in [0.2, 0.25) is 0 Å². The van der Waals surface area contributed by atoms with Crippen LogP contribution in [0.3, 0.4) is 0 Å². The van der Waals surface area contributed by atoms with Crippen molar-refractivity contribution < 1.29 is 4.79 Å². The first kappa shape index (κ1) is 14.4. The number of piperidine rings is 1. The van der Waals surface area contributed by atoms with E-state index in [1.807, 2.05) is 11.8 Å². The van der Waals surface area contributed by atoms with Gasteiger partial charge < -0.3 is 9.88 Å². The summed E-state index contributed by atoms with van der Waals surface area (Å²) in [6.45, 7) is 4.92. The number of nitrogens with zero attached hydrogens (tertiary/aromatic N) is 1. The fourth-order valence-corrected chi connectivity index (χ4v) is 4.06. The summed E-state index contributed by atoms with van der Waals surface area (Å²) in [4.78, 5) is 29.6. The molecular formula is C17H24N2O2. The summed E-state index contributed by atoms with van der Waals surface area (Å²) in [6.07, 6.45) is 5.83. The molecule has 4 nitrogen and oxygen atoms in total. The van der Waals surface area contributed by atoms with Crippen LogP contribution in [0.4, 0.5) is 0 Å². The lowest BCUT2D eigenvalue weighted by atomic mass is 9.72. The molecule has 1 saturated heterocycles. The van der Waals surface area contributed by atoms with E-state index in [1.54, 1.807) is 12.1 Å². The Morgan fingerprint density at radius 3 is 2.76 bits per heavy atom. The number of nitrogens with one attached hydrogen (secondary N) is 1. The Balaban J connectivity index is 1.88. The first-order chi connectivity index (χ1) is 10.1. The van der Waals surface area contributed by atoms with Crippen LogP contribution in [-0.2, 0) is 0 Å². The van der Waals surface area contributed by atoms with Crippen molar-refractivity contribution in [1.29, 1.82) is 0 Å². The van der Waals surface area contributed by atoms with Gasteiger partial charge in [0, 0.05) is 18.3 Å². The highest BCUT2D eigenvalue weighted by Gasteiger charge is 2.39. The summed E-state index contributed by atoms with van der Waals surface area (Å²) in [6, 6.07) is 3.81. The molecule has 1 saturated carbocycles. The zero-order valence-electron chi connectivity index (χ0n) is 12.9. The van der Waals surface area contributed by atoms with Gasteiger partial charge in [0.25, 0.3) is 11.5 Å². The number of H-pyrrole nitrogens is 1. The predicted molar refractivity (Wildman–Crippen MR) is 82.4 cm³/mol. The smallest absolute Gasteiger partial charge is 0.260 e. The minimum Gasteiger partial charge on any atom is -0.335 e. The van der Waals surface area contributed by atoms with E-state index in [4.69, 9.17) is 0 Å². The van der Waals surface area contributed by atoms with Gasteiger partial charge in [-0.1, -0.05) is 19.8 Å². The number of aromatic amines is 1. The molecule has 3 rings (SSSR count). The Morgan fingerprint density at radius 2 is 2.00 bits per heavy atom. The largest absolute Gasteiger partial charge is 0.335 e. The molecule has 1 N–H and O–H groups in total. The third kappa shape index (κ3) is 2.63. The monoisotopic (exact) mass is 288 g/mol. The van der Waals surface area contributed by atoms with Gasteiger partial charge in [-0.15, -0.1) is 0 Å². The number of carbonyl (C=O) groups excluding carboxylic acids is 1. The quantitative estimate of drug-likeness (QED) is 0.864. The normalized spacial score (nSPS) is 29.0. The number of aromatic nitrogens is 1. The van der Waals surface area contributed by atoms with Crippen LogP contribution in [0, 0.1) is 18.8 Å². The summed E-state index contributed by atoms with van der Waals surface area (Å²) < 4.78 is 0. The molecule has 1 aromatic heterocycles. The number of rotatable bonds is 1. The van der Waals surface area contributed by atoms with Crippen molar-refractivity contribution in [2.45, 2.75) is 52.0 Å². The average molecular weight is 288 g/mol. The Bertz CT molecular complexity index is 593. The third-order valence-corrected chi connectivity index (χ3v) is 5.28. The van der Waals surface area contributed by atoms with E-state index in [2.05, 4.69) is 11.9 Å². The van der Waals surface area contributed by atoms with Crippen LogP contribution in [-0.4, -0.2) is 28.4 Å². The van der Waals surface area contributed by atoms with Crippen LogP contribution in [0.15, 0.2) is 16.9 Å². The fourth-order valence-electron chi connectivity index (χ4n) is 4.06. The van der Waals surface area contributed by atoms with Crippen molar-refractivity contribution in [3.63, 3.8) is 0 Å². The number of likely N-dealkylation sites (tertiary alicyclic amines) is 1. The molecule has 1 amide bonds. The van der Waals surface area contributed by atoms with Gasteiger partial charge in [-0.2, -0.15) is 0 Å². The van der Waals surface area contributed by atoms with E-state index < -0.39 is 0 Å². The van der Waals surface area contributed by atoms with Crippen LogP contribution in [0.5, 0.6) is 0 Å². The van der Waals surface area contributed by atoms with Crippen molar-refractivity contribution >= 4 is 5.91 Å². The summed E-state index contributed by atoms with van der Waals surface area (Å²) in [5, 5.41) is 0. The summed E-state index contributed by atoms with van der Waals surface area (Å²) in [7, 11) is 0. The lowest BCUT2D eigenvalue weighted by Gasteiger charge is -2.47. The molecule has 3 atom stereocenters. The molecule has 0 unspecified atom stereocenters. The number of pyridine rings is 1. The standard InChI is InChI=1S/C17H24N2O2/c1-11-9-10-19(15-6-4-3-5-13(11)15)17(21)14-8-7-12(2)18-16(14)20/h7-8,11,13,15H,3-6,9-10H2,1-2H3,(H,18,20)/t11-,13-,15+/m0/s1. The minimum absolute atomic E-state index is 0.0833.